The third-order valence-electron chi connectivity index (χ3n) is 5.98. The van der Waals surface area contributed by atoms with E-state index in [0.29, 0.717) is 24.0 Å². The van der Waals surface area contributed by atoms with Crippen molar-refractivity contribution < 1.29 is 36.2 Å². The van der Waals surface area contributed by atoms with Crippen LogP contribution in [0.1, 0.15) is 21.5 Å². The fourth-order valence-corrected chi connectivity index (χ4v) is 4.10. The van der Waals surface area contributed by atoms with Gasteiger partial charge in [-0.25, -0.2) is 9.97 Å². The number of aromatic nitrogens is 2. The van der Waals surface area contributed by atoms with Gasteiger partial charge in [0.2, 0.25) is 5.95 Å². The highest BCUT2D eigenvalue weighted by Crippen LogP contribution is 2.28. The standard InChI is InChI=1S/C30H27N5O.2CH4O3S.H2O/c1-20-12-13-21(19-31-2)18-27(20)33-29(36)23-14-16-24(17-15-23)32-30-34-26-11-7-6-10-25(26)28(35-30)22-8-4-3-5-9-22;2*1-5(2,3)4;/h3-18,31H,19H2,1-2H3,(H,33,36)(H,32,34,35);2*1H3,(H,2,3,4);1H2. The Hall–Kier alpha value is -4.77. The average molecular weight is 684 g/mol. The minimum Gasteiger partial charge on any atom is -0.412 e. The Labute approximate surface area is 273 Å². The molecular formula is C32H37N5O8S2. The maximum absolute atomic E-state index is 12.9. The summed E-state index contributed by atoms with van der Waals surface area (Å²) in [6, 6.07) is 31.4. The van der Waals surface area contributed by atoms with Crippen molar-refractivity contribution in [3.8, 4) is 11.3 Å². The molecule has 0 radical (unpaired) electrons. The zero-order valence-corrected chi connectivity index (χ0v) is 27.7. The lowest BCUT2D eigenvalue weighted by atomic mass is 10.1. The zero-order chi connectivity index (χ0) is 33.9. The molecule has 0 spiro atoms. The Morgan fingerprint density at radius 1 is 0.787 bits per heavy atom. The molecule has 5 rings (SSSR count). The summed E-state index contributed by atoms with van der Waals surface area (Å²) in [4.78, 5) is 22.4. The Balaban J connectivity index is 0.000000612. The van der Waals surface area contributed by atoms with Gasteiger partial charge in [0, 0.05) is 34.4 Å². The fourth-order valence-electron chi connectivity index (χ4n) is 4.10. The SMILES string of the molecule is CNCc1ccc(C)c(NC(=O)c2ccc(Nc3nc(-c4ccccc4)c4ccccc4n3)cc2)c1.CS(=O)(=O)O.CS(=O)(=O)O.O. The van der Waals surface area contributed by atoms with E-state index in [9.17, 15) is 21.6 Å². The highest BCUT2D eigenvalue weighted by Gasteiger charge is 2.12. The number of fused-ring (bicyclic) bond motifs is 1. The van der Waals surface area contributed by atoms with Crippen molar-refractivity contribution in [3.63, 3.8) is 0 Å². The van der Waals surface area contributed by atoms with E-state index in [0.717, 1.165) is 51.2 Å². The second-order valence-electron chi connectivity index (χ2n) is 10.1. The van der Waals surface area contributed by atoms with Crippen LogP contribution in [0.15, 0.2) is 97.1 Å². The van der Waals surface area contributed by atoms with Gasteiger partial charge in [-0.2, -0.15) is 16.8 Å². The van der Waals surface area contributed by atoms with Crippen molar-refractivity contribution >= 4 is 54.4 Å². The average Bonchev–Trinajstić information content (AvgIpc) is 2.98. The first kappa shape index (κ1) is 38.4. The van der Waals surface area contributed by atoms with Crippen LogP contribution in [0.2, 0.25) is 0 Å². The molecule has 5 aromatic rings. The molecule has 0 saturated carbocycles. The molecule has 0 aliphatic heterocycles. The van der Waals surface area contributed by atoms with Crippen molar-refractivity contribution in [2.45, 2.75) is 13.5 Å². The first-order valence-electron chi connectivity index (χ1n) is 13.7. The number of benzene rings is 4. The van der Waals surface area contributed by atoms with Crippen LogP contribution >= 0.6 is 0 Å². The van der Waals surface area contributed by atoms with Gasteiger partial charge < -0.3 is 21.4 Å². The number of nitrogens with one attached hydrogen (secondary N) is 3. The summed E-state index contributed by atoms with van der Waals surface area (Å²) in [5.41, 5.74) is 7.08. The monoisotopic (exact) mass is 683 g/mol. The Kier molecular flexibility index (Phi) is 14.1. The highest BCUT2D eigenvalue weighted by molar-refractivity contribution is 7.85. The first-order valence-corrected chi connectivity index (χ1v) is 17.4. The topological polar surface area (TPSA) is 219 Å². The molecule has 0 unspecified atom stereocenters. The summed E-state index contributed by atoms with van der Waals surface area (Å²) in [5, 5.41) is 10.5. The van der Waals surface area contributed by atoms with E-state index in [1.807, 2.05) is 92.8 Å². The van der Waals surface area contributed by atoms with E-state index < -0.39 is 20.2 Å². The highest BCUT2D eigenvalue weighted by atomic mass is 32.2. The number of para-hydroxylation sites is 1. The van der Waals surface area contributed by atoms with Gasteiger partial charge in [-0.3, -0.25) is 13.9 Å². The second-order valence-corrected chi connectivity index (χ2v) is 13.0. The number of rotatable bonds is 7. The molecule has 15 heteroatoms. The van der Waals surface area contributed by atoms with E-state index >= 15 is 0 Å². The number of nitrogens with zero attached hydrogens (tertiary/aromatic N) is 2. The summed E-state index contributed by atoms with van der Waals surface area (Å²) >= 11 is 0. The van der Waals surface area contributed by atoms with Gasteiger partial charge in [0.25, 0.3) is 26.1 Å². The number of aryl methyl sites for hydroxylation is 1. The Morgan fingerprint density at radius 3 is 1.96 bits per heavy atom. The lowest BCUT2D eigenvalue weighted by Crippen LogP contribution is -2.13. The molecule has 0 saturated heterocycles. The van der Waals surface area contributed by atoms with Crippen molar-refractivity contribution in [1.82, 2.24) is 15.3 Å². The number of carbonyl (C=O) groups is 1. The lowest BCUT2D eigenvalue weighted by Gasteiger charge is -2.12. The van der Waals surface area contributed by atoms with E-state index in [1.54, 1.807) is 12.1 Å². The predicted octanol–water partition coefficient (Wildman–Crippen LogP) is 4.50. The van der Waals surface area contributed by atoms with Gasteiger partial charge in [0.15, 0.2) is 0 Å². The van der Waals surface area contributed by atoms with E-state index in [2.05, 4.69) is 22.0 Å². The third kappa shape index (κ3) is 13.6. The van der Waals surface area contributed by atoms with Gasteiger partial charge >= 0.3 is 0 Å². The Morgan fingerprint density at radius 2 is 1.36 bits per heavy atom. The van der Waals surface area contributed by atoms with Crippen molar-refractivity contribution in [3.05, 3.63) is 114 Å². The number of anilines is 3. The van der Waals surface area contributed by atoms with Crippen LogP contribution in [0, 0.1) is 6.92 Å². The minimum absolute atomic E-state index is 0. The summed E-state index contributed by atoms with van der Waals surface area (Å²) in [6.07, 6.45) is 1.43. The molecule has 7 N–H and O–H groups in total. The second kappa shape index (κ2) is 17.2. The van der Waals surface area contributed by atoms with E-state index in [1.165, 1.54) is 0 Å². The van der Waals surface area contributed by atoms with Gasteiger partial charge in [0.1, 0.15) is 0 Å². The summed E-state index contributed by atoms with van der Waals surface area (Å²) in [5.74, 6) is 0.348. The van der Waals surface area contributed by atoms with Crippen LogP contribution in [-0.2, 0) is 26.8 Å². The van der Waals surface area contributed by atoms with Crippen LogP contribution in [0.25, 0.3) is 22.2 Å². The summed E-state index contributed by atoms with van der Waals surface area (Å²) < 4.78 is 51.7. The van der Waals surface area contributed by atoms with E-state index in [-0.39, 0.29) is 11.4 Å². The molecule has 1 aromatic heterocycles. The molecule has 1 heterocycles. The van der Waals surface area contributed by atoms with E-state index in [4.69, 9.17) is 19.1 Å². The number of hydrogen-bond acceptors (Lipinski definition) is 9. The van der Waals surface area contributed by atoms with Crippen LogP contribution in [-0.4, -0.2) is 66.9 Å². The summed E-state index contributed by atoms with van der Waals surface area (Å²) in [7, 11) is -5.43. The molecule has 0 aliphatic rings. The normalized spacial score (nSPS) is 10.8. The third-order valence-corrected chi connectivity index (χ3v) is 5.98. The van der Waals surface area contributed by atoms with Gasteiger partial charge in [-0.1, -0.05) is 60.7 Å². The number of amides is 1. The lowest BCUT2D eigenvalue weighted by molar-refractivity contribution is 0.102. The molecule has 0 bridgehead atoms. The largest absolute Gasteiger partial charge is 0.412 e. The van der Waals surface area contributed by atoms with Crippen LogP contribution in [0.3, 0.4) is 0 Å². The van der Waals surface area contributed by atoms with Gasteiger partial charge in [-0.15, -0.1) is 0 Å². The fraction of sp³-hybridized carbons (Fsp3) is 0.156. The molecule has 0 aliphatic carbocycles. The zero-order valence-electron chi connectivity index (χ0n) is 26.1. The first-order chi connectivity index (χ1) is 21.6. The molecular weight excluding hydrogens is 647 g/mol. The van der Waals surface area contributed by atoms with Gasteiger partial charge in [-0.05, 0) is 61.5 Å². The maximum Gasteiger partial charge on any atom is 0.261 e. The molecule has 13 nitrogen and oxygen atoms in total. The van der Waals surface area contributed by atoms with Crippen molar-refractivity contribution in [2.24, 2.45) is 0 Å². The van der Waals surface area contributed by atoms with Crippen molar-refractivity contribution in [2.75, 3.05) is 30.2 Å². The van der Waals surface area contributed by atoms with Crippen LogP contribution in [0.5, 0.6) is 0 Å². The van der Waals surface area contributed by atoms with Gasteiger partial charge in [0.05, 0.1) is 23.7 Å². The minimum atomic E-state index is -3.67. The molecule has 250 valence electrons. The van der Waals surface area contributed by atoms with Crippen molar-refractivity contribution in [1.29, 1.82) is 0 Å². The number of hydrogen-bond donors (Lipinski definition) is 5. The summed E-state index contributed by atoms with van der Waals surface area (Å²) in [6.45, 7) is 2.73. The molecule has 0 atom stereocenters. The smallest absolute Gasteiger partial charge is 0.261 e. The maximum atomic E-state index is 12.9. The molecule has 4 aromatic carbocycles. The Bertz CT molecular complexity index is 1960. The predicted molar refractivity (Wildman–Crippen MR) is 185 cm³/mol. The van der Waals surface area contributed by atoms with Crippen LogP contribution < -0.4 is 16.0 Å². The molecule has 1 amide bonds. The number of carbonyl (C=O) groups excluding carboxylic acids is 1. The molecule has 47 heavy (non-hydrogen) atoms. The molecule has 0 fully saturated rings. The van der Waals surface area contributed by atoms with Crippen LogP contribution in [0.4, 0.5) is 17.3 Å². The quantitative estimate of drug-likeness (QED) is 0.150.